The lowest BCUT2D eigenvalue weighted by Gasteiger charge is -2.24. The summed E-state index contributed by atoms with van der Waals surface area (Å²) < 4.78 is 15.5. The lowest BCUT2D eigenvalue weighted by Crippen LogP contribution is -2.37. The van der Waals surface area contributed by atoms with Crippen LogP contribution in [0.2, 0.25) is 0 Å². The van der Waals surface area contributed by atoms with Crippen molar-refractivity contribution in [3.8, 4) is 0 Å². The van der Waals surface area contributed by atoms with Gasteiger partial charge in [0.1, 0.15) is 17.6 Å². The number of carbonyl (C=O) groups excluding carboxylic acids is 2. The molecular weight excluding hydrogens is 385 g/mol. The van der Waals surface area contributed by atoms with Crippen LogP contribution in [0.15, 0.2) is 36.9 Å². The molecule has 2 heterocycles. The minimum atomic E-state index is -1.11. The summed E-state index contributed by atoms with van der Waals surface area (Å²) in [4.78, 5) is 25.7. The number of nitrogens with zero attached hydrogens (tertiary/aromatic N) is 3. The highest BCUT2D eigenvalue weighted by molar-refractivity contribution is 5.98. The van der Waals surface area contributed by atoms with Crippen molar-refractivity contribution in [2.24, 2.45) is 5.73 Å². The fraction of sp³-hybridized carbons (Fsp3) is 0.409. The molecule has 2 aromatic rings. The van der Waals surface area contributed by atoms with Crippen LogP contribution in [-0.4, -0.2) is 45.3 Å². The molecule has 8 heteroatoms. The van der Waals surface area contributed by atoms with Crippen molar-refractivity contribution < 1.29 is 14.0 Å². The number of anilines is 1. The number of nitrogens with two attached hydrogens (primary N) is 2. The Morgan fingerprint density at radius 3 is 2.73 bits per heavy atom. The molecule has 4 rings (SSSR count). The maximum atomic E-state index is 14.0. The van der Waals surface area contributed by atoms with Crippen LogP contribution in [0.4, 0.5) is 10.2 Å². The van der Waals surface area contributed by atoms with E-state index >= 15 is 0 Å². The molecule has 7 nitrogen and oxygen atoms in total. The number of primary amides is 1. The largest absolute Gasteiger partial charge is 0.383 e. The van der Waals surface area contributed by atoms with Crippen molar-refractivity contribution in [3.05, 3.63) is 59.3 Å². The molecule has 1 unspecified atom stereocenters. The van der Waals surface area contributed by atoms with Crippen LogP contribution >= 0.6 is 0 Å². The van der Waals surface area contributed by atoms with Gasteiger partial charge in [0.25, 0.3) is 5.91 Å². The SMILES string of the molecule is C=CC(=O)N1C[C@@H](F)C[C@H]1Cn1nc(C2CCc3ccccc3C2)c(C(N)=O)c1N. The van der Waals surface area contributed by atoms with E-state index in [1.165, 1.54) is 26.8 Å². The van der Waals surface area contributed by atoms with Gasteiger partial charge in [0, 0.05) is 12.3 Å². The van der Waals surface area contributed by atoms with Crippen molar-refractivity contribution in [1.29, 1.82) is 0 Å². The summed E-state index contributed by atoms with van der Waals surface area (Å²) in [6.45, 7) is 3.71. The number of aryl methyl sites for hydroxylation is 1. The van der Waals surface area contributed by atoms with Gasteiger partial charge in [0.05, 0.1) is 24.8 Å². The molecule has 0 bridgehead atoms. The van der Waals surface area contributed by atoms with E-state index in [1.807, 2.05) is 12.1 Å². The molecule has 158 valence electrons. The molecule has 0 saturated carbocycles. The lowest BCUT2D eigenvalue weighted by molar-refractivity contribution is -0.127. The smallest absolute Gasteiger partial charge is 0.254 e. The van der Waals surface area contributed by atoms with E-state index < -0.39 is 18.1 Å². The quantitative estimate of drug-likeness (QED) is 0.734. The predicted molar refractivity (Wildman–Crippen MR) is 112 cm³/mol. The van der Waals surface area contributed by atoms with E-state index in [-0.39, 0.29) is 42.7 Å². The van der Waals surface area contributed by atoms with Gasteiger partial charge in [-0.05, 0) is 36.5 Å². The number of benzene rings is 1. The molecule has 1 saturated heterocycles. The number of carbonyl (C=O) groups is 2. The van der Waals surface area contributed by atoms with Crippen molar-refractivity contribution in [3.63, 3.8) is 0 Å². The Morgan fingerprint density at radius 2 is 2.03 bits per heavy atom. The van der Waals surface area contributed by atoms with E-state index in [0.717, 1.165) is 19.3 Å². The third kappa shape index (κ3) is 3.58. The summed E-state index contributed by atoms with van der Waals surface area (Å²) in [5, 5.41) is 4.64. The number of nitrogen functional groups attached to an aromatic ring is 1. The maximum Gasteiger partial charge on any atom is 0.254 e. The zero-order valence-electron chi connectivity index (χ0n) is 16.8. The van der Waals surface area contributed by atoms with Gasteiger partial charge in [-0.2, -0.15) is 5.10 Å². The zero-order valence-corrected chi connectivity index (χ0v) is 16.8. The molecule has 2 amide bonds. The summed E-state index contributed by atoms with van der Waals surface area (Å²) >= 11 is 0. The first kappa shape index (κ1) is 20.1. The summed E-state index contributed by atoms with van der Waals surface area (Å²) in [5.41, 5.74) is 15.3. The number of halogens is 1. The van der Waals surface area contributed by atoms with Gasteiger partial charge in [-0.1, -0.05) is 30.8 Å². The number of aromatic nitrogens is 2. The van der Waals surface area contributed by atoms with Gasteiger partial charge in [0.15, 0.2) is 0 Å². The molecule has 1 fully saturated rings. The van der Waals surface area contributed by atoms with E-state index in [1.54, 1.807) is 0 Å². The highest BCUT2D eigenvalue weighted by Gasteiger charge is 2.36. The maximum absolute atomic E-state index is 14.0. The fourth-order valence-corrected chi connectivity index (χ4v) is 4.72. The number of rotatable bonds is 5. The van der Waals surface area contributed by atoms with Crippen LogP contribution in [0.5, 0.6) is 0 Å². The van der Waals surface area contributed by atoms with Crippen molar-refractivity contribution in [1.82, 2.24) is 14.7 Å². The molecular formula is C22H26FN5O2. The number of fused-ring (bicyclic) bond motifs is 1. The molecule has 0 spiro atoms. The van der Waals surface area contributed by atoms with E-state index in [9.17, 15) is 14.0 Å². The number of hydrogen-bond donors (Lipinski definition) is 2. The monoisotopic (exact) mass is 411 g/mol. The Balaban J connectivity index is 1.64. The Hall–Kier alpha value is -3.16. The summed E-state index contributed by atoms with van der Waals surface area (Å²) in [6, 6.07) is 7.82. The number of likely N-dealkylation sites (tertiary alicyclic amines) is 1. The Kier molecular flexibility index (Phi) is 5.32. The normalized spacial score (nSPS) is 23.2. The predicted octanol–water partition coefficient (Wildman–Crippen LogP) is 1.96. The van der Waals surface area contributed by atoms with Crippen LogP contribution in [-0.2, 0) is 24.2 Å². The minimum Gasteiger partial charge on any atom is -0.383 e. The molecule has 1 aromatic heterocycles. The number of amides is 2. The van der Waals surface area contributed by atoms with Gasteiger partial charge in [-0.3, -0.25) is 9.59 Å². The second-order valence-electron chi connectivity index (χ2n) is 8.08. The Morgan fingerprint density at radius 1 is 1.30 bits per heavy atom. The van der Waals surface area contributed by atoms with Gasteiger partial charge in [-0.25, -0.2) is 9.07 Å². The van der Waals surface area contributed by atoms with Crippen molar-refractivity contribution in [2.45, 2.75) is 50.4 Å². The van der Waals surface area contributed by atoms with Crippen LogP contribution in [0.25, 0.3) is 0 Å². The summed E-state index contributed by atoms with van der Waals surface area (Å²) in [7, 11) is 0. The van der Waals surface area contributed by atoms with E-state index in [4.69, 9.17) is 11.5 Å². The first-order valence-electron chi connectivity index (χ1n) is 10.2. The molecule has 30 heavy (non-hydrogen) atoms. The van der Waals surface area contributed by atoms with Crippen LogP contribution in [0.3, 0.4) is 0 Å². The van der Waals surface area contributed by atoms with Crippen molar-refractivity contribution in [2.75, 3.05) is 12.3 Å². The van der Waals surface area contributed by atoms with Gasteiger partial charge in [0.2, 0.25) is 5.91 Å². The Bertz CT molecular complexity index is 1000. The van der Waals surface area contributed by atoms with Crippen LogP contribution < -0.4 is 11.5 Å². The molecule has 3 atom stereocenters. The van der Waals surface area contributed by atoms with Gasteiger partial charge >= 0.3 is 0 Å². The highest BCUT2D eigenvalue weighted by atomic mass is 19.1. The second-order valence-corrected chi connectivity index (χ2v) is 8.08. The molecule has 2 aliphatic rings. The van der Waals surface area contributed by atoms with E-state index in [2.05, 4.69) is 23.8 Å². The number of alkyl halides is 1. The topological polar surface area (TPSA) is 107 Å². The lowest BCUT2D eigenvalue weighted by atomic mass is 9.81. The zero-order chi connectivity index (χ0) is 21.4. The highest BCUT2D eigenvalue weighted by Crippen LogP contribution is 2.35. The second kappa shape index (κ2) is 7.93. The van der Waals surface area contributed by atoms with Gasteiger partial charge < -0.3 is 16.4 Å². The minimum absolute atomic E-state index is 0.0195. The standard InChI is InChI=1S/C22H26FN5O2/c1-2-18(29)27-11-16(23)10-17(27)12-28-21(24)19(22(25)30)20(26-28)15-8-7-13-5-3-4-6-14(13)9-15/h2-6,15-17H,1,7-12,24H2,(H2,25,30)/t15?,16-,17-/m0/s1. The third-order valence-corrected chi connectivity index (χ3v) is 6.20. The van der Waals surface area contributed by atoms with E-state index in [0.29, 0.717) is 5.69 Å². The molecule has 1 aliphatic carbocycles. The molecule has 0 radical (unpaired) electrons. The molecule has 1 aromatic carbocycles. The Labute approximate surface area is 174 Å². The average Bonchev–Trinajstić information content (AvgIpc) is 3.27. The number of hydrogen-bond acceptors (Lipinski definition) is 4. The van der Waals surface area contributed by atoms with Crippen molar-refractivity contribution >= 4 is 17.6 Å². The average molecular weight is 411 g/mol. The van der Waals surface area contributed by atoms with Gasteiger partial charge in [-0.15, -0.1) is 0 Å². The first-order chi connectivity index (χ1) is 14.4. The first-order valence-corrected chi connectivity index (χ1v) is 10.2. The van der Waals surface area contributed by atoms with Crippen LogP contribution in [0.1, 0.15) is 45.9 Å². The molecule has 4 N–H and O–H groups in total. The summed E-state index contributed by atoms with van der Waals surface area (Å²) in [6.07, 6.45) is 2.74. The van der Waals surface area contributed by atoms with Crippen LogP contribution in [0, 0.1) is 0 Å². The molecule has 1 aliphatic heterocycles. The third-order valence-electron chi connectivity index (χ3n) is 6.20. The fourth-order valence-electron chi connectivity index (χ4n) is 4.72. The summed E-state index contributed by atoms with van der Waals surface area (Å²) in [5.74, 6) is -0.759.